The van der Waals surface area contributed by atoms with Gasteiger partial charge < -0.3 is 5.11 Å². The van der Waals surface area contributed by atoms with Crippen molar-refractivity contribution in [2.45, 2.75) is 26.8 Å². The van der Waals surface area contributed by atoms with Gasteiger partial charge in [0.1, 0.15) is 11.6 Å². The molecule has 0 atom stereocenters. The standard InChI is InChI=1S/C22H19N5O4/c1-14-12-17(27(30)31)8-9-19(14)24-25-20-15(2)18(13-23)21(28)26(22(20)29)11-10-16-6-4-3-5-7-16/h3-9,12,28H,10-11H2,1-2H3. The summed E-state index contributed by atoms with van der Waals surface area (Å²) in [6, 6.07) is 15.4. The molecule has 3 rings (SSSR count). The summed E-state index contributed by atoms with van der Waals surface area (Å²) in [6.45, 7) is 3.31. The third-order valence-corrected chi connectivity index (χ3v) is 4.88. The van der Waals surface area contributed by atoms with Crippen LogP contribution in [0.5, 0.6) is 5.88 Å². The third kappa shape index (κ3) is 4.48. The van der Waals surface area contributed by atoms with Crippen molar-refractivity contribution < 1.29 is 10.0 Å². The van der Waals surface area contributed by atoms with Crippen molar-refractivity contribution in [3.8, 4) is 11.9 Å². The lowest BCUT2D eigenvalue weighted by Gasteiger charge is -2.13. The Hall–Kier alpha value is -4.32. The van der Waals surface area contributed by atoms with E-state index < -0.39 is 16.4 Å². The lowest BCUT2D eigenvalue weighted by Crippen LogP contribution is -2.22. The Labute approximate surface area is 177 Å². The molecule has 9 nitrogen and oxygen atoms in total. The third-order valence-electron chi connectivity index (χ3n) is 4.88. The van der Waals surface area contributed by atoms with Gasteiger partial charge in [-0.2, -0.15) is 10.4 Å². The number of nitriles is 1. The molecule has 1 N–H and O–H groups in total. The Balaban J connectivity index is 2.02. The number of nitro groups is 1. The molecule has 31 heavy (non-hydrogen) atoms. The summed E-state index contributed by atoms with van der Waals surface area (Å²) >= 11 is 0. The quantitative estimate of drug-likeness (QED) is 0.355. The first kappa shape index (κ1) is 21.4. The highest BCUT2D eigenvalue weighted by Gasteiger charge is 2.19. The Morgan fingerprint density at radius 1 is 1.16 bits per heavy atom. The van der Waals surface area contributed by atoms with Crippen LogP contribution in [0, 0.1) is 35.3 Å². The average Bonchev–Trinajstić information content (AvgIpc) is 2.75. The molecule has 0 unspecified atom stereocenters. The second-order valence-corrected chi connectivity index (χ2v) is 6.90. The minimum absolute atomic E-state index is 0.0537. The molecule has 0 saturated heterocycles. The predicted octanol–water partition coefficient (Wildman–Crippen LogP) is 4.61. The summed E-state index contributed by atoms with van der Waals surface area (Å²) < 4.78 is 1.11. The first-order valence-corrected chi connectivity index (χ1v) is 9.40. The number of rotatable bonds is 6. The number of nitro benzene ring substituents is 1. The van der Waals surface area contributed by atoms with Crippen molar-refractivity contribution in [1.82, 2.24) is 4.57 Å². The van der Waals surface area contributed by atoms with Crippen LogP contribution in [0.25, 0.3) is 0 Å². The summed E-state index contributed by atoms with van der Waals surface area (Å²) in [4.78, 5) is 23.4. The van der Waals surface area contributed by atoms with Gasteiger partial charge >= 0.3 is 0 Å². The fourth-order valence-corrected chi connectivity index (χ4v) is 3.12. The van der Waals surface area contributed by atoms with Gasteiger partial charge in [0.15, 0.2) is 5.69 Å². The van der Waals surface area contributed by atoms with Gasteiger partial charge in [0, 0.05) is 24.2 Å². The molecule has 3 aromatic rings. The molecule has 0 aliphatic rings. The van der Waals surface area contributed by atoms with Crippen LogP contribution in [0.1, 0.15) is 22.3 Å². The maximum absolute atomic E-state index is 13.0. The second kappa shape index (κ2) is 9.00. The van der Waals surface area contributed by atoms with Crippen molar-refractivity contribution in [3.63, 3.8) is 0 Å². The first-order valence-electron chi connectivity index (χ1n) is 9.40. The van der Waals surface area contributed by atoms with Crippen LogP contribution >= 0.6 is 0 Å². The number of nitrogens with zero attached hydrogens (tertiary/aromatic N) is 5. The van der Waals surface area contributed by atoms with Gasteiger partial charge in [-0.25, -0.2) is 0 Å². The lowest BCUT2D eigenvalue weighted by molar-refractivity contribution is -0.384. The van der Waals surface area contributed by atoms with Gasteiger partial charge in [0.2, 0.25) is 5.88 Å². The van der Waals surface area contributed by atoms with E-state index in [1.807, 2.05) is 36.4 Å². The molecule has 0 fully saturated rings. The molecular formula is C22H19N5O4. The fourth-order valence-electron chi connectivity index (χ4n) is 3.12. The largest absolute Gasteiger partial charge is 0.493 e. The van der Waals surface area contributed by atoms with Crippen LogP contribution in [0.3, 0.4) is 0 Å². The summed E-state index contributed by atoms with van der Waals surface area (Å²) in [5, 5.41) is 38.9. The van der Waals surface area contributed by atoms with E-state index in [-0.39, 0.29) is 29.0 Å². The van der Waals surface area contributed by atoms with Crippen molar-refractivity contribution in [3.05, 3.63) is 91.3 Å². The lowest BCUT2D eigenvalue weighted by atomic mass is 10.1. The smallest absolute Gasteiger partial charge is 0.281 e. The van der Waals surface area contributed by atoms with Gasteiger partial charge in [-0.15, -0.1) is 5.11 Å². The number of pyridine rings is 1. The van der Waals surface area contributed by atoms with E-state index in [4.69, 9.17) is 0 Å². The Morgan fingerprint density at radius 3 is 2.48 bits per heavy atom. The Bertz CT molecular complexity index is 1270. The molecule has 9 heteroatoms. The van der Waals surface area contributed by atoms with Crippen LogP contribution < -0.4 is 5.56 Å². The number of aromatic hydroxyl groups is 1. The number of non-ortho nitro benzene ring substituents is 1. The molecule has 2 aromatic carbocycles. The van der Waals surface area contributed by atoms with Crippen LogP contribution in [-0.4, -0.2) is 14.6 Å². The highest BCUT2D eigenvalue weighted by atomic mass is 16.6. The monoisotopic (exact) mass is 417 g/mol. The molecule has 0 amide bonds. The van der Waals surface area contributed by atoms with Gasteiger partial charge in [-0.1, -0.05) is 30.3 Å². The molecule has 0 aliphatic carbocycles. The zero-order chi connectivity index (χ0) is 22.5. The number of benzene rings is 2. The Morgan fingerprint density at radius 2 is 1.87 bits per heavy atom. The van der Waals surface area contributed by atoms with E-state index in [0.29, 0.717) is 17.7 Å². The van der Waals surface area contributed by atoms with E-state index >= 15 is 0 Å². The molecule has 0 saturated carbocycles. The van der Waals surface area contributed by atoms with Crippen molar-refractivity contribution in [1.29, 1.82) is 5.26 Å². The van der Waals surface area contributed by atoms with E-state index in [1.165, 1.54) is 25.1 Å². The van der Waals surface area contributed by atoms with Crippen molar-refractivity contribution >= 4 is 17.1 Å². The van der Waals surface area contributed by atoms with E-state index in [0.717, 1.165) is 10.1 Å². The SMILES string of the molecule is Cc1cc([N+](=O)[O-])ccc1N=Nc1c(C)c(C#N)c(O)n(CCc2ccccc2)c1=O. The highest BCUT2D eigenvalue weighted by molar-refractivity contribution is 5.57. The average molecular weight is 417 g/mol. The summed E-state index contributed by atoms with van der Waals surface area (Å²) in [5.41, 5.74) is 1.27. The highest BCUT2D eigenvalue weighted by Crippen LogP contribution is 2.29. The number of aromatic nitrogens is 1. The fraction of sp³-hybridized carbons (Fsp3) is 0.182. The minimum Gasteiger partial charge on any atom is -0.493 e. The topological polar surface area (TPSA) is 134 Å². The second-order valence-electron chi connectivity index (χ2n) is 6.90. The Kier molecular flexibility index (Phi) is 6.21. The normalized spacial score (nSPS) is 10.9. The van der Waals surface area contributed by atoms with Gasteiger partial charge in [-0.3, -0.25) is 19.5 Å². The first-order chi connectivity index (χ1) is 14.8. The van der Waals surface area contributed by atoms with E-state index in [2.05, 4.69) is 10.2 Å². The molecule has 0 radical (unpaired) electrons. The van der Waals surface area contributed by atoms with Crippen molar-refractivity contribution in [2.75, 3.05) is 0 Å². The van der Waals surface area contributed by atoms with Crippen molar-refractivity contribution in [2.24, 2.45) is 10.2 Å². The molecule has 1 heterocycles. The van der Waals surface area contributed by atoms with Crippen LogP contribution in [0.15, 0.2) is 63.6 Å². The molecule has 156 valence electrons. The number of aryl methyl sites for hydroxylation is 2. The predicted molar refractivity (Wildman–Crippen MR) is 114 cm³/mol. The number of hydrogen-bond acceptors (Lipinski definition) is 7. The summed E-state index contributed by atoms with van der Waals surface area (Å²) in [7, 11) is 0. The zero-order valence-corrected chi connectivity index (χ0v) is 16.9. The summed E-state index contributed by atoms with van der Waals surface area (Å²) in [6.07, 6.45) is 0.472. The maximum atomic E-state index is 13.0. The molecule has 0 aliphatic heterocycles. The van der Waals surface area contributed by atoms with Gasteiger partial charge in [0.05, 0.1) is 10.6 Å². The molecular weight excluding hydrogens is 398 g/mol. The molecule has 1 aromatic heterocycles. The van der Waals surface area contributed by atoms with E-state index in [9.17, 15) is 25.3 Å². The number of azo groups is 1. The molecule has 0 spiro atoms. The number of hydrogen-bond donors (Lipinski definition) is 1. The van der Waals surface area contributed by atoms with Gasteiger partial charge in [-0.05, 0) is 37.5 Å². The molecule has 0 bridgehead atoms. The van der Waals surface area contributed by atoms with Crippen LogP contribution in [0.2, 0.25) is 0 Å². The van der Waals surface area contributed by atoms with Crippen LogP contribution in [-0.2, 0) is 13.0 Å². The zero-order valence-electron chi connectivity index (χ0n) is 16.9. The summed E-state index contributed by atoms with van der Waals surface area (Å²) in [5.74, 6) is -0.411. The van der Waals surface area contributed by atoms with Gasteiger partial charge in [0.25, 0.3) is 11.2 Å². The minimum atomic E-state index is -0.576. The van der Waals surface area contributed by atoms with E-state index in [1.54, 1.807) is 6.92 Å². The van der Waals surface area contributed by atoms with Crippen LogP contribution in [0.4, 0.5) is 17.1 Å². The maximum Gasteiger partial charge on any atom is 0.281 e.